The highest BCUT2D eigenvalue weighted by atomic mass is 16.6. The van der Waals surface area contributed by atoms with E-state index >= 15 is 0 Å². The highest BCUT2D eigenvalue weighted by Gasteiger charge is 2.67. The molecule has 0 bridgehead atoms. The summed E-state index contributed by atoms with van der Waals surface area (Å²) in [4.78, 5) is 40.4. The molecule has 0 heterocycles. The van der Waals surface area contributed by atoms with Gasteiger partial charge in [0.05, 0.1) is 6.61 Å². The minimum atomic E-state index is -1.22. The number of fused-ring (bicyclic) bond motifs is 4. The summed E-state index contributed by atoms with van der Waals surface area (Å²) in [5.74, 6) is 0.168. The van der Waals surface area contributed by atoms with Crippen LogP contribution in [-0.4, -0.2) is 48.9 Å². The minimum Gasteiger partial charge on any atom is -0.451 e. The molecule has 0 amide bonds. The highest BCUT2D eigenvalue weighted by Crippen LogP contribution is 2.68. The molecule has 1 N–H and O–H groups in total. The third-order valence-corrected chi connectivity index (χ3v) is 9.77. The van der Waals surface area contributed by atoms with E-state index < -0.39 is 17.0 Å². The van der Waals surface area contributed by atoms with E-state index in [9.17, 15) is 19.5 Å². The lowest BCUT2D eigenvalue weighted by molar-refractivity contribution is -0.184. The number of aliphatic hydroxyl groups is 1. The first-order valence-electron chi connectivity index (χ1n) is 13.7. The standard InChI is InChI=1S/C31H39NO5/c1-19(34)37-31(28(36)14-16-33)15-13-27-25-11-7-21-17-23(35)10-12-24(21)29(25)26(18-30(27,31)2)20-5-8-22(9-6-20)32(3)4/h5-6,8-9,17,25-27,33H,7,10-16,18H2,1-4H3/t25?,26?,27?,30-,31-/m0/s1. The Bertz CT molecular complexity index is 1180. The molecule has 6 nitrogen and oxygen atoms in total. The van der Waals surface area contributed by atoms with Gasteiger partial charge in [0.25, 0.3) is 0 Å². The van der Waals surface area contributed by atoms with Crippen molar-refractivity contribution >= 4 is 23.2 Å². The Morgan fingerprint density at radius 3 is 2.49 bits per heavy atom. The van der Waals surface area contributed by atoms with Crippen molar-refractivity contribution in [1.82, 2.24) is 0 Å². The number of anilines is 1. The second-order valence-electron chi connectivity index (χ2n) is 11.8. The third kappa shape index (κ3) is 4.08. The van der Waals surface area contributed by atoms with Crippen molar-refractivity contribution in [3.05, 3.63) is 52.6 Å². The maximum atomic E-state index is 13.6. The second-order valence-corrected chi connectivity index (χ2v) is 11.8. The van der Waals surface area contributed by atoms with Crippen molar-refractivity contribution in [3.8, 4) is 0 Å². The fourth-order valence-electron chi connectivity index (χ4n) is 8.18. The van der Waals surface area contributed by atoms with Crippen molar-refractivity contribution in [1.29, 1.82) is 0 Å². The smallest absolute Gasteiger partial charge is 0.303 e. The zero-order valence-corrected chi connectivity index (χ0v) is 22.5. The van der Waals surface area contributed by atoms with Crippen LogP contribution in [0, 0.1) is 17.3 Å². The molecule has 0 radical (unpaired) electrons. The van der Waals surface area contributed by atoms with Crippen LogP contribution in [0.15, 0.2) is 47.1 Å². The predicted molar refractivity (Wildman–Crippen MR) is 142 cm³/mol. The number of Topliss-reactive ketones (excluding diaryl/α,β-unsaturated/α-hetero) is 1. The number of carbonyl (C=O) groups is 3. The molecule has 37 heavy (non-hydrogen) atoms. The molecule has 4 aliphatic carbocycles. The first-order chi connectivity index (χ1) is 17.6. The first kappa shape index (κ1) is 25.9. The van der Waals surface area contributed by atoms with Crippen LogP contribution >= 0.6 is 0 Å². The van der Waals surface area contributed by atoms with Crippen LogP contribution in [0.4, 0.5) is 5.69 Å². The van der Waals surface area contributed by atoms with Gasteiger partial charge in [0.15, 0.2) is 17.2 Å². The Morgan fingerprint density at radius 2 is 1.84 bits per heavy atom. The maximum absolute atomic E-state index is 13.6. The van der Waals surface area contributed by atoms with Crippen LogP contribution in [-0.2, 0) is 19.1 Å². The van der Waals surface area contributed by atoms with E-state index in [-0.39, 0.29) is 42.3 Å². The Balaban J connectivity index is 1.68. The van der Waals surface area contributed by atoms with Crippen LogP contribution in [0.25, 0.3) is 0 Å². The minimum absolute atomic E-state index is 0.00853. The van der Waals surface area contributed by atoms with Gasteiger partial charge in [0, 0.05) is 50.9 Å². The molecule has 2 saturated carbocycles. The van der Waals surface area contributed by atoms with Gasteiger partial charge in [-0.1, -0.05) is 24.6 Å². The first-order valence-corrected chi connectivity index (χ1v) is 13.7. The number of esters is 1. The number of carbonyl (C=O) groups excluding carboxylic acids is 3. The molecule has 1 aromatic carbocycles. The SMILES string of the molecule is CC(=O)O[C@]1(C(=O)CCO)CCC2C3CCC4=CC(=O)CCC4=C3C(c3ccc(N(C)C)cc3)C[C@@]21C. The van der Waals surface area contributed by atoms with Crippen LogP contribution in [0.5, 0.6) is 0 Å². The van der Waals surface area contributed by atoms with Gasteiger partial charge in [-0.25, -0.2) is 0 Å². The summed E-state index contributed by atoms with van der Waals surface area (Å²) in [6, 6.07) is 8.66. The molecule has 1 aromatic rings. The fourth-order valence-corrected chi connectivity index (χ4v) is 8.18. The van der Waals surface area contributed by atoms with Crippen LogP contribution in [0.1, 0.15) is 76.7 Å². The lowest BCUT2D eigenvalue weighted by Crippen LogP contribution is -2.57. The van der Waals surface area contributed by atoms with Gasteiger partial charge in [0.2, 0.25) is 0 Å². The number of rotatable bonds is 6. The maximum Gasteiger partial charge on any atom is 0.303 e. The largest absolute Gasteiger partial charge is 0.451 e. The van der Waals surface area contributed by atoms with Gasteiger partial charge >= 0.3 is 5.97 Å². The second kappa shape index (κ2) is 9.54. The van der Waals surface area contributed by atoms with E-state index in [0.717, 1.165) is 31.4 Å². The molecule has 4 aliphatic rings. The summed E-state index contributed by atoms with van der Waals surface area (Å²) in [6.07, 6.45) is 7.01. The Kier molecular flexibility index (Phi) is 6.68. The van der Waals surface area contributed by atoms with Crippen molar-refractivity contribution in [2.45, 2.75) is 76.7 Å². The number of benzene rings is 1. The van der Waals surface area contributed by atoms with E-state index in [2.05, 4.69) is 36.1 Å². The molecule has 5 atom stereocenters. The number of aliphatic hydroxyl groups excluding tert-OH is 1. The van der Waals surface area contributed by atoms with Gasteiger partial charge < -0.3 is 14.7 Å². The number of hydrogen-bond acceptors (Lipinski definition) is 6. The van der Waals surface area contributed by atoms with Crippen molar-refractivity contribution in [3.63, 3.8) is 0 Å². The number of hydrogen-bond donors (Lipinski definition) is 1. The van der Waals surface area contributed by atoms with Gasteiger partial charge in [-0.15, -0.1) is 0 Å². The highest BCUT2D eigenvalue weighted by molar-refractivity contribution is 5.93. The van der Waals surface area contributed by atoms with Gasteiger partial charge in [-0.3, -0.25) is 14.4 Å². The predicted octanol–water partition coefficient (Wildman–Crippen LogP) is 4.91. The zero-order chi connectivity index (χ0) is 26.5. The molecular formula is C31H39NO5. The lowest BCUT2D eigenvalue weighted by Gasteiger charge is -2.55. The molecule has 198 valence electrons. The quantitative estimate of drug-likeness (QED) is 0.554. The molecule has 0 aliphatic heterocycles. The summed E-state index contributed by atoms with van der Waals surface area (Å²) in [6.45, 7) is 3.29. The number of ketones is 2. The van der Waals surface area contributed by atoms with E-state index in [0.29, 0.717) is 19.3 Å². The van der Waals surface area contributed by atoms with E-state index in [1.165, 1.54) is 29.2 Å². The fraction of sp³-hybridized carbons (Fsp3) is 0.581. The lowest BCUT2D eigenvalue weighted by atomic mass is 9.50. The van der Waals surface area contributed by atoms with E-state index in [4.69, 9.17) is 4.74 Å². The number of ether oxygens (including phenoxy) is 1. The molecular weight excluding hydrogens is 466 g/mol. The number of allylic oxidation sites excluding steroid dienone is 4. The van der Waals surface area contributed by atoms with Crippen LogP contribution in [0.2, 0.25) is 0 Å². The van der Waals surface area contributed by atoms with Gasteiger partial charge in [0.1, 0.15) is 0 Å². The average molecular weight is 506 g/mol. The number of nitrogens with zero attached hydrogens (tertiary/aromatic N) is 1. The summed E-state index contributed by atoms with van der Waals surface area (Å²) in [5.41, 5.74) is 4.55. The van der Waals surface area contributed by atoms with Crippen molar-refractivity contribution in [2.75, 3.05) is 25.6 Å². The Morgan fingerprint density at radius 1 is 1.11 bits per heavy atom. The summed E-state index contributed by atoms with van der Waals surface area (Å²) in [5, 5.41) is 9.66. The normalized spacial score (nSPS) is 32.7. The molecule has 0 saturated heterocycles. The van der Waals surface area contributed by atoms with Crippen LogP contribution in [0.3, 0.4) is 0 Å². The van der Waals surface area contributed by atoms with Crippen LogP contribution < -0.4 is 4.90 Å². The van der Waals surface area contributed by atoms with Crippen molar-refractivity contribution < 1.29 is 24.2 Å². The Labute approximate surface area is 219 Å². The van der Waals surface area contributed by atoms with Gasteiger partial charge in [-0.2, -0.15) is 0 Å². The summed E-state index contributed by atoms with van der Waals surface area (Å²) < 4.78 is 6.04. The molecule has 6 heteroatoms. The summed E-state index contributed by atoms with van der Waals surface area (Å²) >= 11 is 0. The topological polar surface area (TPSA) is 83.9 Å². The van der Waals surface area contributed by atoms with Crippen molar-refractivity contribution in [2.24, 2.45) is 17.3 Å². The molecule has 5 rings (SSSR count). The molecule has 0 spiro atoms. The molecule has 3 unspecified atom stereocenters. The molecule has 2 fully saturated rings. The van der Waals surface area contributed by atoms with Gasteiger partial charge in [-0.05, 0) is 85.3 Å². The zero-order valence-electron chi connectivity index (χ0n) is 22.5. The summed E-state index contributed by atoms with van der Waals surface area (Å²) in [7, 11) is 4.05. The average Bonchev–Trinajstić information content (AvgIpc) is 3.15. The third-order valence-electron chi connectivity index (χ3n) is 9.77. The monoisotopic (exact) mass is 505 g/mol. The Hall–Kier alpha value is -2.73. The van der Waals surface area contributed by atoms with E-state index in [1.807, 2.05) is 20.2 Å². The van der Waals surface area contributed by atoms with E-state index in [1.54, 1.807) is 0 Å². The molecule has 0 aromatic heterocycles.